The lowest BCUT2D eigenvalue weighted by molar-refractivity contribution is -0.161. The van der Waals surface area contributed by atoms with Crippen LogP contribution in [0, 0.1) is 0 Å². The lowest BCUT2D eigenvalue weighted by Gasteiger charge is -2.37. The fraction of sp³-hybridized carbons (Fsp3) is 0.462. The molecule has 1 N–H and O–H groups in total. The summed E-state index contributed by atoms with van der Waals surface area (Å²) < 4.78 is 5.59. The molecule has 0 aliphatic carbocycles. The Morgan fingerprint density at radius 2 is 1.88 bits per heavy atom. The van der Waals surface area contributed by atoms with Crippen molar-refractivity contribution >= 4 is 5.97 Å². The fourth-order valence-corrected chi connectivity index (χ4v) is 2.30. The average molecular weight is 219 g/mol. The molecule has 1 aromatic carbocycles. The molecule has 1 fully saturated rings. The molecule has 16 heavy (non-hydrogen) atoms. The van der Waals surface area contributed by atoms with Crippen molar-refractivity contribution < 1.29 is 9.53 Å². The van der Waals surface area contributed by atoms with Crippen LogP contribution in [-0.4, -0.2) is 19.1 Å². The second-order valence-corrected chi connectivity index (χ2v) is 4.20. The minimum atomic E-state index is -0.418. The zero-order chi connectivity index (χ0) is 11.4. The average Bonchev–Trinajstić information content (AvgIpc) is 2.30. The van der Waals surface area contributed by atoms with Crippen LogP contribution in [0.3, 0.4) is 0 Å². The van der Waals surface area contributed by atoms with Crippen LogP contribution in [0.1, 0.15) is 25.3 Å². The van der Waals surface area contributed by atoms with Gasteiger partial charge in [-0.3, -0.25) is 4.79 Å². The van der Waals surface area contributed by atoms with Crippen molar-refractivity contribution in [3.63, 3.8) is 0 Å². The van der Waals surface area contributed by atoms with Crippen molar-refractivity contribution in [2.45, 2.75) is 25.4 Å². The molecule has 86 valence electrons. The Morgan fingerprint density at radius 1 is 1.25 bits per heavy atom. The fourth-order valence-electron chi connectivity index (χ4n) is 2.30. The molecule has 1 aliphatic heterocycles. The summed E-state index contributed by atoms with van der Waals surface area (Å²) in [6.45, 7) is 3.26. The summed E-state index contributed by atoms with van der Waals surface area (Å²) in [6, 6.07) is 10.0. The number of esters is 1. The maximum atomic E-state index is 11.2. The number of benzene rings is 1. The van der Waals surface area contributed by atoms with Crippen molar-refractivity contribution in [1.82, 2.24) is 5.32 Å². The summed E-state index contributed by atoms with van der Waals surface area (Å²) in [6.07, 6.45) is 1.69. The van der Waals surface area contributed by atoms with Crippen molar-refractivity contribution in [3.8, 4) is 0 Å². The largest absolute Gasteiger partial charge is 0.454 e. The molecule has 0 amide bonds. The Hall–Kier alpha value is -1.35. The van der Waals surface area contributed by atoms with Gasteiger partial charge in [0.05, 0.1) is 0 Å². The van der Waals surface area contributed by atoms with Gasteiger partial charge in [0.1, 0.15) is 5.60 Å². The van der Waals surface area contributed by atoms with Gasteiger partial charge in [0, 0.05) is 19.8 Å². The van der Waals surface area contributed by atoms with E-state index in [1.807, 2.05) is 30.3 Å². The molecule has 0 saturated carbocycles. The molecule has 1 saturated heterocycles. The lowest BCUT2D eigenvalue weighted by Crippen LogP contribution is -2.42. The molecular weight excluding hydrogens is 202 g/mol. The van der Waals surface area contributed by atoms with E-state index < -0.39 is 5.60 Å². The molecule has 0 aromatic heterocycles. The Kier molecular flexibility index (Phi) is 3.25. The van der Waals surface area contributed by atoms with Crippen LogP contribution in [0.2, 0.25) is 0 Å². The number of hydrogen-bond acceptors (Lipinski definition) is 3. The molecule has 0 spiro atoms. The molecule has 3 heteroatoms. The molecule has 1 aromatic rings. The third-order valence-corrected chi connectivity index (χ3v) is 3.05. The van der Waals surface area contributed by atoms with Crippen molar-refractivity contribution in [1.29, 1.82) is 0 Å². The first-order valence-electron chi connectivity index (χ1n) is 5.69. The van der Waals surface area contributed by atoms with E-state index in [1.54, 1.807) is 0 Å². The Labute approximate surface area is 95.8 Å². The number of rotatable bonds is 2. The van der Waals surface area contributed by atoms with E-state index in [2.05, 4.69) is 5.32 Å². The zero-order valence-corrected chi connectivity index (χ0v) is 9.53. The van der Waals surface area contributed by atoms with Crippen LogP contribution >= 0.6 is 0 Å². The van der Waals surface area contributed by atoms with Crippen molar-refractivity contribution in [2.24, 2.45) is 0 Å². The molecule has 0 radical (unpaired) electrons. The molecule has 0 bridgehead atoms. The van der Waals surface area contributed by atoms with Gasteiger partial charge in [-0.2, -0.15) is 0 Å². The molecule has 0 unspecified atom stereocenters. The Bertz CT molecular complexity index is 355. The topological polar surface area (TPSA) is 38.3 Å². The Balaban J connectivity index is 2.29. The van der Waals surface area contributed by atoms with Crippen LogP contribution < -0.4 is 5.32 Å². The first-order valence-corrected chi connectivity index (χ1v) is 5.69. The van der Waals surface area contributed by atoms with Crippen LogP contribution in [-0.2, 0) is 15.1 Å². The van der Waals surface area contributed by atoms with Gasteiger partial charge < -0.3 is 10.1 Å². The summed E-state index contributed by atoms with van der Waals surface area (Å²) >= 11 is 0. The van der Waals surface area contributed by atoms with Gasteiger partial charge in [-0.15, -0.1) is 0 Å². The maximum absolute atomic E-state index is 11.2. The zero-order valence-electron chi connectivity index (χ0n) is 9.53. The Morgan fingerprint density at radius 3 is 2.44 bits per heavy atom. The highest BCUT2D eigenvalue weighted by atomic mass is 16.6. The molecule has 1 aliphatic rings. The smallest absolute Gasteiger partial charge is 0.303 e. The standard InChI is InChI=1S/C13H17NO2/c1-11(15)16-13(7-9-14-10-8-13)12-5-3-2-4-6-12/h2-6,14H,7-10H2,1H3. The third-order valence-electron chi connectivity index (χ3n) is 3.05. The molecule has 1 heterocycles. The van der Waals surface area contributed by atoms with Crippen molar-refractivity contribution in [2.75, 3.05) is 13.1 Å². The van der Waals surface area contributed by atoms with Gasteiger partial charge in [-0.25, -0.2) is 0 Å². The summed E-state index contributed by atoms with van der Waals surface area (Å²) in [5.41, 5.74) is 0.685. The lowest BCUT2D eigenvalue weighted by atomic mass is 9.85. The van der Waals surface area contributed by atoms with E-state index in [4.69, 9.17) is 4.74 Å². The second-order valence-electron chi connectivity index (χ2n) is 4.20. The maximum Gasteiger partial charge on any atom is 0.303 e. The minimum absolute atomic E-state index is 0.203. The number of hydrogen-bond donors (Lipinski definition) is 1. The van der Waals surface area contributed by atoms with E-state index in [-0.39, 0.29) is 5.97 Å². The number of carbonyl (C=O) groups excluding carboxylic acids is 1. The van der Waals surface area contributed by atoms with Gasteiger partial charge in [-0.1, -0.05) is 30.3 Å². The number of ether oxygens (including phenoxy) is 1. The minimum Gasteiger partial charge on any atom is -0.454 e. The van der Waals surface area contributed by atoms with Gasteiger partial charge in [0.2, 0.25) is 0 Å². The van der Waals surface area contributed by atoms with E-state index in [1.165, 1.54) is 6.92 Å². The summed E-state index contributed by atoms with van der Waals surface area (Å²) in [7, 11) is 0. The second kappa shape index (κ2) is 4.66. The molecular formula is C13H17NO2. The van der Waals surface area contributed by atoms with E-state index >= 15 is 0 Å². The van der Waals surface area contributed by atoms with Gasteiger partial charge in [0.15, 0.2) is 0 Å². The van der Waals surface area contributed by atoms with E-state index in [0.29, 0.717) is 0 Å². The summed E-state index contributed by atoms with van der Waals surface area (Å²) in [5, 5.41) is 3.29. The van der Waals surface area contributed by atoms with Gasteiger partial charge in [0.25, 0.3) is 0 Å². The number of carbonyl (C=O) groups is 1. The first-order chi connectivity index (χ1) is 7.73. The van der Waals surface area contributed by atoms with Crippen LogP contribution in [0.4, 0.5) is 0 Å². The van der Waals surface area contributed by atoms with E-state index in [0.717, 1.165) is 31.5 Å². The molecule has 2 rings (SSSR count). The number of nitrogens with one attached hydrogen (secondary N) is 1. The number of piperidine rings is 1. The van der Waals surface area contributed by atoms with Crippen LogP contribution in [0.15, 0.2) is 30.3 Å². The highest BCUT2D eigenvalue weighted by molar-refractivity contribution is 5.66. The SMILES string of the molecule is CC(=O)OC1(c2ccccc2)CCNCC1. The van der Waals surface area contributed by atoms with Crippen LogP contribution in [0.5, 0.6) is 0 Å². The van der Waals surface area contributed by atoms with Gasteiger partial charge in [-0.05, 0) is 18.7 Å². The monoisotopic (exact) mass is 219 g/mol. The summed E-state index contributed by atoms with van der Waals surface area (Å²) in [4.78, 5) is 11.2. The third kappa shape index (κ3) is 2.25. The molecule has 0 atom stereocenters. The molecule has 3 nitrogen and oxygen atoms in total. The van der Waals surface area contributed by atoms with Crippen LogP contribution in [0.25, 0.3) is 0 Å². The normalized spacial score (nSPS) is 19.1. The highest BCUT2D eigenvalue weighted by Crippen LogP contribution is 2.34. The summed E-state index contributed by atoms with van der Waals surface area (Å²) in [5.74, 6) is -0.203. The van der Waals surface area contributed by atoms with E-state index in [9.17, 15) is 4.79 Å². The predicted octanol–water partition coefficient (Wildman–Crippen LogP) is 1.83. The van der Waals surface area contributed by atoms with Crippen molar-refractivity contribution in [3.05, 3.63) is 35.9 Å². The highest BCUT2D eigenvalue weighted by Gasteiger charge is 2.36. The quantitative estimate of drug-likeness (QED) is 0.771. The predicted molar refractivity (Wildman–Crippen MR) is 62.0 cm³/mol. The first kappa shape index (κ1) is 11.1. The van der Waals surface area contributed by atoms with Gasteiger partial charge >= 0.3 is 5.97 Å².